The lowest BCUT2D eigenvalue weighted by Gasteiger charge is -2.44. The van der Waals surface area contributed by atoms with Crippen LogP contribution in [0.3, 0.4) is 0 Å². The number of phenolic OH excluding ortho intramolecular Hbond substituents is 1. The molecule has 2 saturated carbocycles. The molecule has 0 saturated heterocycles. The maximum Gasteiger partial charge on any atom is 0.216 e. The lowest BCUT2D eigenvalue weighted by atomic mass is 9.68. The number of halogens is 2. The van der Waals surface area contributed by atoms with Crippen molar-refractivity contribution >= 4 is 5.82 Å². The van der Waals surface area contributed by atoms with Gasteiger partial charge in [0.1, 0.15) is 5.75 Å². The molecule has 2 aromatic heterocycles. The highest BCUT2D eigenvalue weighted by atomic mass is 19.1. The van der Waals surface area contributed by atoms with E-state index in [0.717, 1.165) is 18.0 Å². The average Bonchev–Trinajstić information content (AvgIpc) is 2.99. The SMILES string of the molecule is CN(c1ccc(-c2ccc(-c3cc(F)nc(F)c3)cc2O)nn1)C1C[C@]2(C)CC[C@](C)(C1)C2. The Morgan fingerprint density at radius 1 is 0.909 bits per heavy atom. The van der Waals surface area contributed by atoms with Gasteiger partial charge >= 0.3 is 0 Å². The normalized spacial score (nSPS) is 26.4. The molecule has 5 rings (SSSR count). The molecular formula is C26H28F2N4O. The number of rotatable bonds is 4. The van der Waals surface area contributed by atoms with Crippen LogP contribution in [0.2, 0.25) is 0 Å². The number of anilines is 1. The molecule has 2 heterocycles. The Morgan fingerprint density at radius 3 is 2.15 bits per heavy atom. The van der Waals surface area contributed by atoms with Gasteiger partial charge in [-0.1, -0.05) is 19.9 Å². The van der Waals surface area contributed by atoms with Crippen LogP contribution in [0.5, 0.6) is 5.75 Å². The van der Waals surface area contributed by atoms with Crippen LogP contribution in [0, 0.1) is 22.7 Å². The topological polar surface area (TPSA) is 62.1 Å². The van der Waals surface area contributed by atoms with E-state index in [2.05, 4.69) is 41.0 Å². The summed E-state index contributed by atoms with van der Waals surface area (Å²) < 4.78 is 26.9. The van der Waals surface area contributed by atoms with E-state index in [0.29, 0.717) is 39.3 Å². The molecule has 3 aromatic rings. The summed E-state index contributed by atoms with van der Waals surface area (Å²) in [5, 5.41) is 19.4. The van der Waals surface area contributed by atoms with Crippen LogP contribution in [0.15, 0.2) is 42.5 Å². The fourth-order valence-electron chi connectivity index (χ4n) is 6.05. The molecule has 33 heavy (non-hydrogen) atoms. The Morgan fingerprint density at radius 2 is 1.58 bits per heavy atom. The molecule has 1 unspecified atom stereocenters. The van der Waals surface area contributed by atoms with Gasteiger partial charge in [-0.25, -0.2) is 0 Å². The van der Waals surface area contributed by atoms with Gasteiger partial charge in [0, 0.05) is 30.8 Å². The molecule has 2 aliphatic rings. The molecule has 0 radical (unpaired) electrons. The van der Waals surface area contributed by atoms with Crippen LogP contribution in [0.4, 0.5) is 14.6 Å². The molecule has 3 atom stereocenters. The first kappa shape index (κ1) is 21.7. The molecular weight excluding hydrogens is 422 g/mol. The van der Waals surface area contributed by atoms with Gasteiger partial charge < -0.3 is 10.0 Å². The van der Waals surface area contributed by atoms with Crippen molar-refractivity contribution in [3.63, 3.8) is 0 Å². The van der Waals surface area contributed by atoms with Crippen molar-refractivity contribution < 1.29 is 13.9 Å². The quantitative estimate of drug-likeness (QED) is 0.495. The van der Waals surface area contributed by atoms with E-state index in [9.17, 15) is 13.9 Å². The summed E-state index contributed by atoms with van der Waals surface area (Å²) in [5.41, 5.74) is 2.64. The van der Waals surface area contributed by atoms with Gasteiger partial charge in [0.15, 0.2) is 5.82 Å². The number of aromatic nitrogens is 3. The summed E-state index contributed by atoms with van der Waals surface area (Å²) in [5.74, 6) is -1.04. The van der Waals surface area contributed by atoms with Crippen LogP contribution >= 0.6 is 0 Å². The highest BCUT2D eigenvalue weighted by molar-refractivity contribution is 5.74. The van der Waals surface area contributed by atoms with E-state index in [4.69, 9.17) is 0 Å². The molecule has 2 aliphatic carbocycles. The molecule has 1 aromatic carbocycles. The van der Waals surface area contributed by atoms with Gasteiger partial charge in [0.25, 0.3) is 0 Å². The zero-order chi connectivity index (χ0) is 23.4. The molecule has 0 spiro atoms. The molecule has 1 N–H and O–H groups in total. The number of fused-ring (bicyclic) bond motifs is 2. The van der Waals surface area contributed by atoms with Crippen molar-refractivity contribution in [3.8, 4) is 28.1 Å². The minimum atomic E-state index is -0.909. The summed E-state index contributed by atoms with van der Waals surface area (Å²) in [6.07, 6.45) is 6.24. The second-order valence-electron chi connectivity index (χ2n) is 10.5. The van der Waals surface area contributed by atoms with Crippen LogP contribution in [-0.2, 0) is 0 Å². The number of phenols is 1. The molecule has 7 heteroatoms. The van der Waals surface area contributed by atoms with Gasteiger partial charge in [-0.15, -0.1) is 10.2 Å². The largest absolute Gasteiger partial charge is 0.507 e. The van der Waals surface area contributed by atoms with Crippen molar-refractivity contribution in [3.05, 3.63) is 54.4 Å². The van der Waals surface area contributed by atoms with Crippen molar-refractivity contribution in [2.24, 2.45) is 10.8 Å². The van der Waals surface area contributed by atoms with E-state index in [1.54, 1.807) is 12.1 Å². The summed E-state index contributed by atoms with van der Waals surface area (Å²) in [7, 11) is 2.09. The van der Waals surface area contributed by atoms with Crippen LogP contribution in [-0.4, -0.2) is 33.4 Å². The zero-order valence-electron chi connectivity index (χ0n) is 19.1. The van der Waals surface area contributed by atoms with Gasteiger partial charge in [-0.05, 0) is 78.3 Å². The highest BCUT2D eigenvalue weighted by Crippen LogP contribution is 2.58. The molecule has 5 nitrogen and oxygen atoms in total. The van der Waals surface area contributed by atoms with Crippen LogP contribution in [0.25, 0.3) is 22.4 Å². The smallest absolute Gasteiger partial charge is 0.216 e. The fraction of sp³-hybridized carbons (Fsp3) is 0.423. The second kappa shape index (κ2) is 7.75. The van der Waals surface area contributed by atoms with E-state index in [1.165, 1.54) is 38.2 Å². The number of aromatic hydroxyl groups is 1. The van der Waals surface area contributed by atoms with Gasteiger partial charge in [0.2, 0.25) is 11.9 Å². The van der Waals surface area contributed by atoms with Crippen molar-refractivity contribution in [1.82, 2.24) is 15.2 Å². The third-order valence-electron chi connectivity index (χ3n) is 7.57. The van der Waals surface area contributed by atoms with E-state index in [1.807, 2.05) is 12.1 Å². The first-order chi connectivity index (χ1) is 15.6. The number of hydrogen-bond acceptors (Lipinski definition) is 5. The number of pyridine rings is 1. The molecule has 2 fully saturated rings. The van der Waals surface area contributed by atoms with E-state index >= 15 is 0 Å². The minimum Gasteiger partial charge on any atom is -0.507 e. The summed E-state index contributed by atoms with van der Waals surface area (Å²) in [6, 6.07) is 11.3. The molecule has 0 aliphatic heterocycles. The number of nitrogens with zero attached hydrogens (tertiary/aromatic N) is 4. The first-order valence-electron chi connectivity index (χ1n) is 11.4. The Bertz CT molecular complexity index is 1160. The predicted molar refractivity (Wildman–Crippen MR) is 124 cm³/mol. The van der Waals surface area contributed by atoms with E-state index < -0.39 is 11.9 Å². The Labute approximate surface area is 192 Å². The lowest BCUT2D eigenvalue weighted by Crippen LogP contribution is -2.42. The minimum absolute atomic E-state index is 0.0368. The second-order valence-corrected chi connectivity index (χ2v) is 10.5. The molecule has 2 bridgehead atoms. The predicted octanol–water partition coefficient (Wildman–Crippen LogP) is 5.98. The fourth-order valence-corrected chi connectivity index (χ4v) is 6.05. The van der Waals surface area contributed by atoms with Crippen LogP contribution in [0.1, 0.15) is 46.0 Å². The summed E-state index contributed by atoms with van der Waals surface area (Å²) in [6.45, 7) is 4.82. The van der Waals surface area contributed by atoms with Gasteiger partial charge in [-0.3, -0.25) is 0 Å². The van der Waals surface area contributed by atoms with Crippen molar-refractivity contribution in [2.45, 2.75) is 52.0 Å². The summed E-state index contributed by atoms with van der Waals surface area (Å²) >= 11 is 0. The van der Waals surface area contributed by atoms with E-state index in [-0.39, 0.29) is 5.75 Å². The van der Waals surface area contributed by atoms with Crippen molar-refractivity contribution in [2.75, 3.05) is 11.9 Å². The van der Waals surface area contributed by atoms with Gasteiger partial charge in [-0.2, -0.15) is 13.8 Å². The Hall–Kier alpha value is -3.09. The monoisotopic (exact) mass is 450 g/mol. The third-order valence-corrected chi connectivity index (χ3v) is 7.57. The Kier molecular flexibility index (Phi) is 5.10. The lowest BCUT2D eigenvalue weighted by molar-refractivity contribution is 0.148. The molecule has 0 amide bonds. The summed E-state index contributed by atoms with van der Waals surface area (Å²) in [4.78, 5) is 5.35. The highest BCUT2D eigenvalue weighted by Gasteiger charge is 2.50. The standard InChI is InChI=1S/C26H28F2N4O/c1-25-8-9-26(2,15-25)14-18(13-25)32(3)24-7-6-20(30-31-24)19-5-4-16(10-21(19)33)17-11-22(27)29-23(28)12-17/h4-7,10-12,18,33H,8-9,13-15H2,1-3H3/t18?,25-,26+. The Balaban J connectivity index is 1.36. The number of benzene rings is 1. The van der Waals surface area contributed by atoms with Crippen LogP contribution < -0.4 is 4.90 Å². The third kappa shape index (κ3) is 4.16. The maximum absolute atomic E-state index is 13.4. The first-order valence-corrected chi connectivity index (χ1v) is 11.4. The van der Waals surface area contributed by atoms with Crippen molar-refractivity contribution in [1.29, 1.82) is 0 Å². The average molecular weight is 451 g/mol. The van der Waals surface area contributed by atoms with Gasteiger partial charge in [0.05, 0.1) is 5.69 Å². The maximum atomic E-state index is 13.4. The number of hydrogen-bond donors (Lipinski definition) is 1. The zero-order valence-corrected chi connectivity index (χ0v) is 19.1. The molecule has 172 valence electrons.